The molecule has 3 fully saturated rings. The standard InChI is InChI=1S/C17H21ClFN5O3/c18-17-21-16(23-5-8-2-1-3-9(8)6-23)15-20-4-10(24(15)22-17)14-12(19)13(26)11(7-25)27-14/h4,8-9,11-14,25-26H,1-3,5-7H2/t8?,9?,11-,12+,13-,14?/m1/s1. The van der Waals surface area contributed by atoms with Gasteiger partial charge in [-0.2, -0.15) is 4.98 Å². The largest absolute Gasteiger partial charge is 0.394 e. The Hall–Kier alpha value is -1.55. The molecule has 1 saturated carbocycles. The van der Waals surface area contributed by atoms with Crippen LogP contribution in [-0.2, 0) is 4.74 Å². The molecule has 3 aliphatic rings. The molecule has 1 aliphatic carbocycles. The Balaban J connectivity index is 1.53. The van der Waals surface area contributed by atoms with Gasteiger partial charge in [-0.15, -0.1) is 5.10 Å². The van der Waals surface area contributed by atoms with Crippen molar-refractivity contribution in [3.8, 4) is 0 Å². The summed E-state index contributed by atoms with van der Waals surface area (Å²) in [6.07, 6.45) is 0.0674. The van der Waals surface area contributed by atoms with Gasteiger partial charge in [-0.3, -0.25) is 0 Å². The van der Waals surface area contributed by atoms with Crippen LogP contribution in [0.3, 0.4) is 0 Å². The maximum absolute atomic E-state index is 14.6. The van der Waals surface area contributed by atoms with E-state index in [2.05, 4.69) is 20.0 Å². The van der Waals surface area contributed by atoms with Crippen LogP contribution >= 0.6 is 11.6 Å². The second kappa shape index (κ2) is 6.51. The van der Waals surface area contributed by atoms with Crippen molar-refractivity contribution in [2.24, 2.45) is 11.8 Å². The molecule has 146 valence electrons. The van der Waals surface area contributed by atoms with Crippen molar-refractivity contribution in [1.82, 2.24) is 19.6 Å². The number of ether oxygens (including phenoxy) is 1. The average molecular weight is 398 g/mol. The lowest BCUT2D eigenvalue weighted by Gasteiger charge is -2.19. The Morgan fingerprint density at radius 1 is 1.30 bits per heavy atom. The van der Waals surface area contributed by atoms with Gasteiger partial charge in [-0.05, 0) is 36.3 Å². The van der Waals surface area contributed by atoms with Crippen LogP contribution in [0.25, 0.3) is 5.65 Å². The molecular weight excluding hydrogens is 377 g/mol. The van der Waals surface area contributed by atoms with Crippen LogP contribution in [0.5, 0.6) is 0 Å². The van der Waals surface area contributed by atoms with E-state index in [0.717, 1.165) is 13.1 Å². The Morgan fingerprint density at radius 2 is 2.04 bits per heavy atom. The highest BCUT2D eigenvalue weighted by molar-refractivity contribution is 6.28. The monoisotopic (exact) mass is 397 g/mol. The molecule has 2 aromatic heterocycles. The summed E-state index contributed by atoms with van der Waals surface area (Å²) in [6, 6.07) is 0. The number of hydrogen-bond donors (Lipinski definition) is 2. The van der Waals surface area contributed by atoms with Gasteiger partial charge in [0.1, 0.15) is 18.3 Å². The van der Waals surface area contributed by atoms with E-state index in [1.807, 2.05) is 0 Å². The molecule has 0 aromatic carbocycles. The van der Waals surface area contributed by atoms with E-state index < -0.39 is 31.1 Å². The molecule has 6 atom stereocenters. The normalized spacial score (nSPS) is 36.1. The molecule has 3 unspecified atom stereocenters. The van der Waals surface area contributed by atoms with Gasteiger partial charge in [0.2, 0.25) is 5.28 Å². The third-order valence-corrected chi connectivity index (χ3v) is 6.32. The van der Waals surface area contributed by atoms with Gasteiger partial charge in [-0.1, -0.05) is 6.42 Å². The van der Waals surface area contributed by atoms with Crippen molar-refractivity contribution >= 4 is 23.1 Å². The first-order chi connectivity index (χ1) is 13.1. The minimum atomic E-state index is -1.69. The van der Waals surface area contributed by atoms with Crippen LogP contribution < -0.4 is 4.90 Å². The number of alkyl halides is 1. The summed E-state index contributed by atoms with van der Waals surface area (Å²) in [5.74, 6) is 1.98. The van der Waals surface area contributed by atoms with E-state index in [9.17, 15) is 14.6 Å². The highest BCUT2D eigenvalue weighted by atomic mass is 35.5. The van der Waals surface area contributed by atoms with Crippen molar-refractivity contribution in [3.05, 3.63) is 17.2 Å². The van der Waals surface area contributed by atoms with Crippen LogP contribution in [0, 0.1) is 11.8 Å². The molecular formula is C17H21ClFN5O3. The first-order valence-corrected chi connectivity index (χ1v) is 9.69. The van der Waals surface area contributed by atoms with Crippen molar-refractivity contribution in [3.63, 3.8) is 0 Å². The van der Waals surface area contributed by atoms with Gasteiger partial charge in [0.25, 0.3) is 0 Å². The number of halogens is 2. The molecule has 4 heterocycles. The highest BCUT2D eigenvalue weighted by Gasteiger charge is 2.46. The summed E-state index contributed by atoms with van der Waals surface area (Å²) in [5.41, 5.74) is 0.838. The van der Waals surface area contributed by atoms with Crippen LogP contribution in [-0.4, -0.2) is 67.9 Å². The molecule has 2 aliphatic heterocycles. The quantitative estimate of drug-likeness (QED) is 0.801. The number of anilines is 1. The lowest BCUT2D eigenvalue weighted by Crippen LogP contribution is -2.30. The Bertz CT molecular complexity index is 854. The molecule has 27 heavy (non-hydrogen) atoms. The molecule has 2 N–H and O–H groups in total. The Kier molecular flexibility index (Phi) is 4.23. The minimum Gasteiger partial charge on any atom is -0.394 e. The third-order valence-electron chi connectivity index (χ3n) is 6.16. The van der Waals surface area contributed by atoms with E-state index in [-0.39, 0.29) is 5.28 Å². The van der Waals surface area contributed by atoms with Gasteiger partial charge in [-0.25, -0.2) is 13.9 Å². The van der Waals surface area contributed by atoms with Crippen LogP contribution in [0.2, 0.25) is 5.28 Å². The number of aliphatic hydroxyl groups excluding tert-OH is 2. The Morgan fingerprint density at radius 3 is 2.70 bits per heavy atom. The smallest absolute Gasteiger partial charge is 0.243 e. The third kappa shape index (κ3) is 2.71. The lowest BCUT2D eigenvalue weighted by molar-refractivity contribution is -0.0241. The van der Waals surface area contributed by atoms with E-state index >= 15 is 0 Å². The summed E-state index contributed by atoms with van der Waals surface area (Å²) in [5, 5.41) is 23.4. The Labute approximate surface area is 159 Å². The SMILES string of the molecule is OC[C@H]1OC(c2cnc3c(N4CC5CCCC5C4)nc(Cl)nn23)[C@@H](F)[C@@H]1O. The highest BCUT2D eigenvalue weighted by Crippen LogP contribution is 2.41. The number of aliphatic hydroxyl groups is 2. The first-order valence-electron chi connectivity index (χ1n) is 9.31. The van der Waals surface area contributed by atoms with Crippen molar-refractivity contribution in [2.75, 3.05) is 24.6 Å². The minimum absolute atomic E-state index is 0.0430. The number of imidazole rings is 1. The summed E-state index contributed by atoms with van der Waals surface area (Å²) in [7, 11) is 0. The second-order valence-electron chi connectivity index (χ2n) is 7.69. The number of nitrogens with zero attached hydrogens (tertiary/aromatic N) is 5. The van der Waals surface area contributed by atoms with Crippen molar-refractivity contribution in [1.29, 1.82) is 0 Å². The van der Waals surface area contributed by atoms with Gasteiger partial charge >= 0.3 is 0 Å². The fourth-order valence-electron chi connectivity index (χ4n) is 4.78. The van der Waals surface area contributed by atoms with Crippen molar-refractivity contribution in [2.45, 2.75) is 43.7 Å². The van der Waals surface area contributed by atoms with Crippen LogP contribution in [0.15, 0.2) is 6.20 Å². The second-order valence-corrected chi connectivity index (χ2v) is 8.03. The predicted molar refractivity (Wildman–Crippen MR) is 94.4 cm³/mol. The molecule has 2 saturated heterocycles. The van der Waals surface area contributed by atoms with Gasteiger partial charge in [0.15, 0.2) is 17.6 Å². The fraction of sp³-hybridized carbons (Fsp3) is 0.706. The van der Waals surface area contributed by atoms with Crippen LogP contribution in [0.1, 0.15) is 31.1 Å². The zero-order chi connectivity index (χ0) is 18.7. The maximum Gasteiger partial charge on any atom is 0.243 e. The first kappa shape index (κ1) is 17.5. The summed E-state index contributed by atoms with van der Waals surface area (Å²) in [6.45, 7) is 1.35. The summed E-state index contributed by atoms with van der Waals surface area (Å²) in [4.78, 5) is 11.0. The molecule has 5 rings (SSSR count). The molecule has 0 radical (unpaired) electrons. The van der Waals surface area contributed by atoms with Gasteiger partial charge < -0.3 is 19.8 Å². The fourth-order valence-corrected chi connectivity index (χ4v) is 4.94. The number of fused-ring (bicyclic) bond motifs is 2. The number of rotatable bonds is 3. The predicted octanol–water partition coefficient (Wildman–Crippen LogP) is 1.15. The zero-order valence-electron chi connectivity index (χ0n) is 14.6. The van der Waals surface area contributed by atoms with Crippen LogP contribution in [0.4, 0.5) is 10.2 Å². The molecule has 8 nitrogen and oxygen atoms in total. The summed E-state index contributed by atoms with van der Waals surface area (Å²) < 4.78 is 21.5. The van der Waals surface area contributed by atoms with E-state index in [1.165, 1.54) is 30.0 Å². The maximum atomic E-state index is 14.6. The van der Waals surface area contributed by atoms with Gasteiger partial charge in [0.05, 0.1) is 18.5 Å². The molecule has 0 amide bonds. The zero-order valence-corrected chi connectivity index (χ0v) is 15.3. The molecule has 0 spiro atoms. The van der Waals surface area contributed by atoms with E-state index in [4.69, 9.17) is 16.3 Å². The molecule has 10 heteroatoms. The molecule has 2 aromatic rings. The lowest BCUT2D eigenvalue weighted by atomic mass is 10.0. The number of hydrogen-bond acceptors (Lipinski definition) is 7. The van der Waals surface area contributed by atoms with E-state index in [1.54, 1.807) is 0 Å². The average Bonchev–Trinajstić information content (AvgIpc) is 3.39. The summed E-state index contributed by atoms with van der Waals surface area (Å²) >= 11 is 6.16. The van der Waals surface area contributed by atoms with Crippen molar-refractivity contribution < 1.29 is 19.3 Å². The number of aromatic nitrogens is 4. The van der Waals surface area contributed by atoms with Gasteiger partial charge in [0, 0.05) is 13.1 Å². The topological polar surface area (TPSA) is 96.0 Å². The van der Waals surface area contributed by atoms with E-state index in [0.29, 0.717) is 29.0 Å². The molecule has 0 bridgehead atoms.